The van der Waals surface area contributed by atoms with Crippen LogP contribution in [0.2, 0.25) is 0 Å². The molecule has 2 amide bonds. The molecule has 2 rings (SSSR count). The first-order valence-electron chi connectivity index (χ1n) is 9.70. The average molecular weight is 397 g/mol. The molecule has 0 radical (unpaired) electrons. The number of benzene rings is 1. The first-order valence-corrected chi connectivity index (χ1v) is 9.70. The van der Waals surface area contributed by atoms with Crippen molar-refractivity contribution in [2.24, 2.45) is 5.92 Å². The van der Waals surface area contributed by atoms with E-state index in [9.17, 15) is 18.4 Å². The Morgan fingerprint density at radius 1 is 1.21 bits per heavy atom. The Kier molecular flexibility index (Phi) is 8.17. The van der Waals surface area contributed by atoms with Crippen LogP contribution in [0.3, 0.4) is 0 Å². The number of piperidine rings is 1. The zero-order chi connectivity index (χ0) is 20.7. The molecule has 1 aromatic rings. The molecule has 8 heteroatoms. The van der Waals surface area contributed by atoms with Crippen molar-refractivity contribution < 1.29 is 23.1 Å². The van der Waals surface area contributed by atoms with Gasteiger partial charge in [-0.1, -0.05) is 19.9 Å². The maximum atomic E-state index is 13.3. The topological polar surface area (TPSA) is 70.7 Å². The van der Waals surface area contributed by atoms with Crippen LogP contribution < -0.4 is 10.6 Å². The smallest absolute Gasteiger partial charge is 0.407 e. The van der Waals surface area contributed by atoms with E-state index in [1.54, 1.807) is 13.0 Å². The molecule has 0 bridgehead atoms. The number of carbonyl (C=O) groups excluding carboxylic acids is 2. The van der Waals surface area contributed by atoms with Gasteiger partial charge in [0.1, 0.15) is 6.04 Å². The van der Waals surface area contributed by atoms with Gasteiger partial charge in [-0.2, -0.15) is 0 Å². The summed E-state index contributed by atoms with van der Waals surface area (Å²) in [6.07, 6.45) is 0.900. The van der Waals surface area contributed by atoms with E-state index in [1.165, 1.54) is 6.07 Å². The molecular formula is C20H29F2N3O3. The van der Waals surface area contributed by atoms with Gasteiger partial charge >= 0.3 is 6.09 Å². The lowest BCUT2D eigenvalue weighted by Crippen LogP contribution is -2.54. The minimum atomic E-state index is -0.846. The number of rotatable bonds is 7. The summed E-state index contributed by atoms with van der Waals surface area (Å²) >= 11 is 0. The van der Waals surface area contributed by atoms with Crippen LogP contribution in [0.25, 0.3) is 0 Å². The minimum Gasteiger partial charge on any atom is -0.450 e. The molecule has 6 nitrogen and oxygen atoms in total. The summed E-state index contributed by atoms with van der Waals surface area (Å²) in [4.78, 5) is 26.4. The highest BCUT2D eigenvalue weighted by atomic mass is 19.2. The predicted octanol–water partition coefficient (Wildman–Crippen LogP) is 2.82. The minimum absolute atomic E-state index is 0.0129. The van der Waals surface area contributed by atoms with E-state index in [0.717, 1.165) is 37.6 Å². The van der Waals surface area contributed by atoms with E-state index in [0.29, 0.717) is 6.54 Å². The fourth-order valence-electron chi connectivity index (χ4n) is 3.26. The number of likely N-dealkylation sites (tertiary alicyclic amines) is 1. The van der Waals surface area contributed by atoms with Gasteiger partial charge in [0, 0.05) is 25.7 Å². The normalized spacial score (nSPS) is 16.6. The Balaban J connectivity index is 1.82. The maximum absolute atomic E-state index is 13.3. The Morgan fingerprint density at radius 2 is 1.89 bits per heavy atom. The number of amides is 2. The summed E-state index contributed by atoms with van der Waals surface area (Å²) in [7, 11) is 0. The molecule has 28 heavy (non-hydrogen) atoms. The van der Waals surface area contributed by atoms with Crippen molar-refractivity contribution in [1.29, 1.82) is 0 Å². The van der Waals surface area contributed by atoms with Crippen molar-refractivity contribution in [3.05, 3.63) is 35.4 Å². The van der Waals surface area contributed by atoms with Gasteiger partial charge < -0.3 is 15.4 Å². The van der Waals surface area contributed by atoms with E-state index in [2.05, 4.69) is 15.5 Å². The van der Waals surface area contributed by atoms with Crippen molar-refractivity contribution >= 4 is 12.0 Å². The van der Waals surface area contributed by atoms with Gasteiger partial charge in [-0.05, 0) is 43.4 Å². The van der Waals surface area contributed by atoms with Gasteiger partial charge in [0.2, 0.25) is 5.91 Å². The summed E-state index contributed by atoms with van der Waals surface area (Å²) < 4.78 is 31.2. The molecule has 0 spiro atoms. The maximum Gasteiger partial charge on any atom is 0.407 e. The van der Waals surface area contributed by atoms with Crippen LogP contribution in [-0.4, -0.2) is 48.7 Å². The van der Waals surface area contributed by atoms with Crippen molar-refractivity contribution in [3.63, 3.8) is 0 Å². The average Bonchev–Trinajstić information content (AvgIpc) is 2.64. The standard InChI is InChI=1S/C20H29F2N3O3/c1-4-28-20(27)24-18(13(2)3)19(26)23-15-7-9-25(10-8-15)12-14-5-6-16(21)17(22)11-14/h5-6,11,13,15,18H,4,7-10,12H2,1-3H3,(H,23,26)(H,24,27)/t18-/m1/s1. The molecule has 0 aliphatic carbocycles. The quantitative estimate of drug-likeness (QED) is 0.742. The number of hydrogen-bond donors (Lipinski definition) is 2. The first-order chi connectivity index (χ1) is 13.3. The highest BCUT2D eigenvalue weighted by molar-refractivity contribution is 5.86. The van der Waals surface area contributed by atoms with Crippen LogP contribution in [0.4, 0.5) is 13.6 Å². The molecule has 1 aliphatic heterocycles. The number of ether oxygens (including phenoxy) is 1. The fraction of sp³-hybridized carbons (Fsp3) is 0.600. The molecule has 0 unspecified atom stereocenters. The van der Waals surface area contributed by atoms with Crippen LogP contribution in [0.5, 0.6) is 0 Å². The van der Waals surface area contributed by atoms with Gasteiger partial charge in [-0.15, -0.1) is 0 Å². The molecular weight excluding hydrogens is 368 g/mol. The molecule has 1 aromatic carbocycles. The van der Waals surface area contributed by atoms with Crippen molar-refractivity contribution in [2.45, 2.75) is 52.2 Å². The Labute approximate surface area is 164 Å². The first kappa shape index (κ1) is 22.1. The van der Waals surface area contributed by atoms with Gasteiger partial charge in [0.15, 0.2) is 11.6 Å². The number of nitrogens with one attached hydrogen (secondary N) is 2. The molecule has 1 aliphatic rings. The summed E-state index contributed by atoms with van der Waals surface area (Å²) in [6.45, 7) is 7.69. The third-order valence-electron chi connectivity index (χ3n) is 4.82. The van der Waals surface area contributed by atoms with E-state index in [4.69, 9.17) is 4.74 Å². The van der Waals surface area contributed by atoms with E-state index < -0.39 is 23.8 Å². The van der Waals surface area contributed by atoms with Crippen molar-refractivity contribution in [1.82, 2.24) is 15.5 Å². The van der Waals surface area contributed by atoms with Gasteiger partial charge in [-0.3, -0.25) is 9.69 Å². The zero-order valence-electron chi connectivity index (χ0n) is 16.6. The van der Waals surface area contributed by atoms with Gasteiger partial charge in [0.25, 0.3) is 0 Å². The number of nitrogens with zero attached hydrogens (tertiary/aromatic N) is 1. The molecule has 1 heterocycles. The van der Waals surface area contributed by atoms with Crippen LogP contribution in [0.15, 0.2) is 18.2 Å². The fourth-order valence-corrected chi connectivity index (χ4v) is 3.26. The highest BCUT2D eigenvalue weighted by Gasteiger charge is 2.28. The second kappa shape index (κ2) is 10.4. The second-order valence-electron chi connectivity index (χ2n) is 7.39. The Morgan fingerprint density at radius 3 is 2.46 bits per heavy atom. The summed E-state index contributed by atoms with van der Waals surface area (Å²) in [5, 5.41) is 5.61. The van der Waals surface area contributed by atoms with E-state index in [1.807, 2.05) is 13.8 Å². The van der Waals surface area contributed by atoms with Crippen LogP contribution in [0.1, 0.15) is 39.2 Å². The van der Waals surface area contributed by atoms with Gasteiger partial charge in [-0.25, -0.2) is 13.6 Å². The molecule has 0 saturated carbocycles. The number of carbonyl (C=O) groups is 2. The number of hydrogen-bond acceptors (Lipinski definition) is 4. The third-order valence-corrected chi connectivity index (χ3v) is 4.82. The largest absolute Gasteiger partial charge is 0.450 e. The highest BCUT2D eigenvalue weighted by Crippen LogP contribution is 2.16. The zero-order valence-corrected chi connectivity index (χ0v) is 16.6. The molecule has 156 valence electrons. The third kappa shape index (κ3) is 6.44. The van der Waals surface area contributed by atoms with E-state index >= 15 is 0 Å². The molecule has 2 N–H and O–H groups in total. The van der Waals surface area contributed by atoms with Crippen LogP contribution in [-0.2, 0) is 16.1 Å². The lowest BCUT2D eigenvalue weighted by molar-refractivity contribution is -0.125. The lowest BCUT2D eigenvalue weighted by atomic mass is 10.0. The van der Waals surface area contributed by atoms with Crippen LogP contribution >= 0.6 is 0 Å². The Bertz CT molecular complexity index is 677. The number of alkyl carbamates (subject to hydrolysis) is 1. The van der Waals surface area contributed by atoms with Crippen molar-refractivity contribution in [2.75, 3.05) is 19.7 Å². The second-order valence-corrected chi connectivity index (χ2v) is 7.39. The lowest BCUT2D eigenvalue weighted by Gasteiger charge is -2.33. The predicted molar refractivity (Wildman–Crippen MR) is 102 cm³/mol. The molecule has 1 atom stereocenters. The number of halogens is 2. The molecule has 1 saturated heterocycles. The summed E-state index contributed by atoms with van der Waals surface area (Å²) in [6, 6.07) is 3.30. The summed E-state index contributed by atoms with van der Waals surface area (Å²) in [5.41, 5.74) is 0.722. The van der Waals surface area contributed by atoms with Crippen LogP contribution in [0, 0.1) is 17.6 Å². The van der Waals surface area contributed by atoms with Gasteiger partial charge in [0.05, 0.1) is 6.61 Å². The summed E-state index contributed by atoms with van der Waals surface area (Å²) in [5.74, 6) is -1.98. The molecule has 0 aromatic heterocycles. The SMILES string of the molecule is CCOC(=O)N[C@@H](C(=O)NC1CCN(Cc2ccc(F)c(F)c2)CC1)C(C)C. The van der Waals surface area contributed by atoms with Crippen molar-refractivity contribution in [3.8, 4) is 0 Å². The molecule has 1 fully saturated rings. The van der Waals surface area contributed by atoms with E-state index in [-0.39, 0.29) is 24.5 Å². The Hall–Kier alpha value is -2.22. The monoisotopic (exact) mass is 397 g/mol.